The molecule has 0 aromatic heterocycles. The quantitative estimate of drug-likeness (QED) is 0.386. The predicted octanol–water partition coefficient (Wildman–Crippen LogP) is 2.23. The molecular formula is C11H11NO2. The van der Waals surface area contributed by atoms with E-state index in [0.29, 0.717) is 24.1 Å². The van der Waals surface area contributed by atoms with E-state index in [-0.39, 0.29) is 5.78 Å². The molecule has 1 aromatic rings. The summed E-state index contributed by atoms with van der Waals surface area (Å²) in [4.78, 5) is 11.6. The standard InChI is InChI=1S/C11H11NO2/c13-11-7-3-6-10(12-14)8-4-1-2-5-9(8)11/h1-2,4-5,14H,3,6-7H2. The van der Waals surface area contributed by atoms with E-state index >= 15 is 0 Å². The fraction of sp³-hybridized carbons (Fsp3) is 0.273. The molecule has 1 aliphatic carbocycles. The molecule has 0 saturated heterocycles. The Kier molecular flexibility index (Phi) is 2.31. The van der Waals surface area contributed by atoms with Crippen LogP contribution in [0.3, 0.4) is 0 Å². The molecule has 3 heteroatoms. The minimum Gasteiger partial charge on any atom is -0.411 e. The number of hydrogen-bond acceptors (Lipinski definition) is 3. The van der Waals surface area contributed by atoms with Gasteiger partial charge in [0.05, 0.1) is 5.71 Å². The molecule has 0 radical (unpaired) electrons. The second-order valence-electron chi connectivity index (χ2n) is 3.37. The van der Waals surface area contributed by atoms with Crippen molar-refractivity contribution >= 4 is 11.5 Å². The van der Waals surface area contributed by atoms with Crippen molar-refractivity contribution in [3.63, 3.8) is 0 Å². The van der Waals surface area contributed by atoms with E-state index in [0.717, 1.165) is 12.0 Å². The summed E-state index contributed by atoms with van der Waals surface area (Å²) in [6, 6.07) is 7.29. The van der Waals surface area contributed by atoms with Crippen LogP contribution in [-0.4, -0.2) is 16.7 Å². The number of carbonyl (C=O) groups is 1. The number of hydrogen-bond donors (Lipinski definition) is 1. The Balaban J connectivity index is 2.58. The summed E-state index contributed by atoms with van der Waals surface area (Å²) in [5, 5.41) is 12.1. The molecule has 0 fully saturated rings. The molecule has 0 amide bonds. The van der Waals surface area contributed by atoms with Gasteiger partial charge in [-0.15, -0.1) is 0 Å². The average Bonchev–Trinajstić information content (AvgIpc) is 2.39. The lowest BCUT2D eigenvalue weighted by Crippen LogP contribution is -2.04. The Labute approximate surface area is 82.1 Å². The van der Waals surface area contributed by atoms with Crippen molar-refractivity contribution < 1.29 is 10.0 Å². The lowest BCUT2D eigenvalue weighted by molar-refractivity contribution is 0.0982. The van der Waals surface area contributed by atoms with Crippen LogP contribution in [0.25, 0.3) is 0 Å². The molecule has 0 bridgehead atoms. The molecule has 0 heterocycles. The number of rotatable bonds is 0. The van der Waals surface area contributed by atoms with Gasteiger partial charge in [0.15, 0.2) is 5.78 Å². The number of fused-ring (bicyclic) bond motifs is 1. The average molecular weight is 189 g/mol. The Bertz CT molecular complexity index is 396. The van der Waals surface area contributed by atoms with Crippen LogP contribution in [0.1, 0.15) is 35.2 Å². The number of benzene rings is 1. The maximum atomic E-state index is 11.6. The van der Waals surface area contributed by atoms with Gasteiger partial charge in [0.25, 0.3) is 0 Å². The predicted molar refractivity (Wildman–Crippen MR) is 52.9 cm³/mol. The third-order valence-electron chi connectivity index (χ3n) is 2.48. The highest BCUT2D eigenvalue weighted by molar-refractivity contribution is 6.12. The number of nitrogens with zero attached hydrogens (tertiary/aromatic N) is 1. The Morgan fingerprint density at radius 2 is 1.86 bits per heavy atom. The molecule has 1 aromatic carbocycles. The van der Waals surface area contributed by atoms with Crippen LogP contribution in [0.5, 0.6) is 0 Å². The van der Waals surface area contributed by atoms with Crippen LogP contribution in [0, 0.1) is 0 Å². The van der Waals surface area contributed by atoms with Gasteiger partial charge >= 0.3 is 0 Å². The highest BCUT2D eigenvalue weighted by Gasteiger charge is 2.19. The first-order valence-electron chi connectivity index (χ1n) is 4.66. The van der Waals surface area contributed by atoms with Crippen molar-refractivity contribution in [2.45, 2.75) is 19.3 Å². The molecule has 0 atom stereocenters. The lowest BCUT2D eigenvalue weighted by atomic mass is 10.0. The van der Waals surface area contributed by atoms with Crippen LogP contribution in [0.2, 0.25) is 0 Å². The van der Waals surface area contributed by atoms with E-state index in [9.17, 15) is 4.79 Å². The van der Waals surface area contributed by atoms with E-state index in [4.69, 9.17) is 5.21 Å². The van der Waals surface area contributed by atoms with Crippen molar-refractivity contribution in [3.05, 3.63) is 35.4 Å². The Morgan fingerprint density at radius 1 is 1.14 bits per heavy atom. The zero-order valence-electron chi connectivity index (χ0n) is 7.73. The summed E-state index contributed by atoms with van der Waals surface area (Å²) in [7, 11) is 0. The minimum absolute atomic E-state index is 0.138. The number of Topliss-reactive ketones (excluding diaryl/α,β-unsaturated/α-hetero) is 1. The van der Waals surface area contributed by atoms with Crippen molar-refractivity contribution in [3.8, 4) is 0 Å². The van der Waals surface area contributed by atoms with Gasteiger partial charge in [-0.25, -0.2) is 0 Å². The zero-order valence-corrected chi connectivity index (χ0v) is 7.73. The van der Waals surface area contributed by atoms with E-state index in [1.807, 2.05) is 18.2 Å². The summed E-state index contributed by atoms with van der Waals surface area (Å²) in [5.41, 5.74) is 2.07. The normalized spacial score (nSPS) is 19.1. The van der Waals surface area contributed by atoms with Gasteiger partial charge in [0.2, 0.25) is 0 Å². The second-order valence-corrected chi connectivity index (χ2v) is 3.37. The summed E-state index contributed by atoms with van der Waals surface area (Å²) >= 11 is 0. The summed E-state index contributed by atoms with van der Waals surface area (Å²) in [6.07, 6.45) is 1.96. The summed E-state index contributed by atoms with van der Waals surface area (Å²) < 4.78 is 0. The fourth-order valence-corrected chi connectivity index (χ4v) is 1.77. The van der Waals surface area contributed by atoms with E-state index in [2.05, 4.69) is 5.16 Å². The number of ketones is 1. The number of oxime groups is 1. The van der Waals surface area contributed by atoms with Gasteiger partial charge < -0.3 is 5.21 Å². The third kappa shape index (κ3) is 1.41. The van der Waals surface area contributed by atoms with Gasteiger partial charge in [-0.05, 0) is 12.8 Å². The lowest BCUT2D eigenvalue weighted by Gasteiger charge is -2.03. The largest absolute Gasteiger partial charge is 0.411 e. The van der Waals surface area contributed by atoms with Crippen LogP contribution >= 0.6 is 0 Å². The molecule has 0 unspecified atom stereocenters. The van der Waals surface area contributed by atoms with Crippen LogP contribution < -0.4 is 0 Å². The topological polar surface area (TPSA) is 49.7 Å². The molecule has 1 N–H and O–H groups in total. The molecule has 2 rings (SSSR count). The van der Waals surface area contributed by atoms with Gasteiger partial charge in [0.1, 0.15) is 0 Å². The fourth-order valence-electron chi connectivity index (χ4n) is 1.77. The first-order valence-corrected chi connectivity index (χ1v) is 4.66. The van der Waals surface area contributed by atoms with E-state index < -0.39 is 0 Å². The first kappa shape index (κ1) is 8.94. The van der Waals surface area contributed by atoms with Gasteiger partial charge in [0, 0.05) is 17.5 Å². The van der Waals surface area contributed by atoms with Crippen molar-refractivity contribution in [1.82, 2.24) is 0 Å². The van der Waals surface area contributed by atoms with E-state index in [1.165, 1.54) is 0 Å². The second kappa shape index (κ2) is 3.62. The molecule has 1 aliphatic rings. The minimum atomic E-state index is 0.138. The molecule has 72 valence electrons. The number of carbonyl (C=O) groups excluding carboxylic acids is 1. The molecular weight excluding hydrogens is 178 g/mol. The summed E-state index contributed by atoms with van der Waals surface area (Å²) in [5.74, 6) is 0.138. The highest BCUT2D eigenvalue weighted by atomic mass is 16.4. The Morgan fingerprint density at radius 3 is 2.57 bits per heavy atom. The third-order valence-corrected chi connectivity index (χ3v) is 2.48. The zero-order chi connectivity index (χ0) is 9.97. The first-order chi connectivity index (χ1) is 6.83. The molecule has 3 nitrogen and oxygen atoms in total. The van der Waals surface area contributed by atoms with Crippen molar-refractivity contribution in [2.24, 2.45) is 5.16 Å². The molecule has 0 aliphatic heterocycles. The molecule has 0 saturated carbocycles. The SMILES string of the molecule is O=C1CCCC(=NO)c2ccccc21. The Hall–Kier alpha value is -1.64. The van der Waals surface area contributed by atoms with Crippen LogP contribution in [0.15, 0.2) is 29.4 Å². The summed E-state index contributed by atoms with van der Waals surface area (Å²) in [6.45, 7) is 0. The van der Waals surface area contributed by atoms with Gasteiger partial charge in [-0.1, -0.05) is 29.4 Å². The van der Waals surface area contributed by atoms with E-state index in [1.54, 1.807) is 6.07 Å². The smallest absolute Gasteiger partial charge is 0.163 e. The monoisotopic (exact) mass is 189 g/mol. The maximum absolute atomic E-state index is 11.6. The highest BCUT2D eigenvalue weighted by Crippen LogP contribution is 2.20. The van der Waals surface area contributed by atoms with Crippen LogP contribution in [0.4, 0.5) is 0 Å². The van der Waals surface area contributed by atoms with Gasteiger partial charge in [-0.2, -0.15) is 0 Å². The van der Waals surface area contributed by atoms with Crippen LogP contribution in [-0.2, 0) is 0 Å². The molecule has 0 spiro atoms. The molecule has 14 heavy (non-hydrogen) atoms. The van der Waals surface area contributed by atoms with Crippen molar-refractivity contribution in [1.29, 1.82) is 0 Å². The van der Waals surface area contributed by atoms with Crippen molar-refractivity contribution in [2.75, 3.05) is 0 Å². The van der Waals surface area contributed by atoms with Gasteiger partial charge in [-0.3, -0.25) is 4.79 Å². The maximum Gasteiger partial charge on any atom is 0.163 e.